The van der Waals surface area contributed by atoms with Crippen molar-refractivity contribution in [3.8, 4) is 16.8 Å². The summed E-state index contributed by atoms with van der Waals surface area (Å²) < 4.78 is 2.46. The van der Waals surface area contributed by atoms with Crippen molar-refractivity contribution in [2.24, 2.45) is 0 Å². The molecular formula is C42H26N2. The SMILES string of the molecule is c1ccc2c(c1)cc(-n1c3ccccc3c3cc(-c4ccc5[nH]c6ccc7ccccc7c6c5c4)ccc31)c1ccccc12. The number of nitrogens with one attached hydrogen (secondary N) is 1. The molecule has 2 heterocycles. The fourth-order valence-corrected chi connectivity index (χ4v) is 7.48. The Balaban J connectivity index is 1.24. The summed E-state index contributed by atoms with van der Waals surface area (Å²) in [4.78, 5) is 3.65. The maximum absolute atomic E-state index is 3.65. The van der Waals surface area contributed by atoms with E-state index in [4.69, 9.17) is 0 Å². The fraction of sp³-hybridized carbons (Fsp3) is 0. The molecule has 0 radical (unpaired) electrons. The molecule has 10 aromatic rings. The number of benzene rings is 8. The number of hydrogen-bond donors (Lipinski definition) is 1. The zero-order valence-electron chi connectivity index (χ0n) is 23.9. The van der Waals surface area contributed by atoms with Crippen molar-refractivity contribution in [1.29, 1.82) is 0 Å². The molecule has 204 valence electrons. The predicted molar refractivity (Wildman–Crippen MR) is 188 cm³/mol. The Kier molecular flexibility index (Phi) is 4.75. The van der Waals surface area contributed by atoms with E-state index in [-0.39, 0.29) is 0 Å². The highest BCUT2D eigenvalue weighted by atomic mass is 15.0. The van der Waals surface area contributed by atoms with Crippen molar-refractivity contribution >= 4 is 75.9 Å². The number of aromatic nitrogens is 2. The molecule has 0 fully saturated rings. The van der Waals surface area contributed by atoms with Gasteiger partial charge in [0.25, 0.3) is 0 Å². The summed E-state index contributed by atoms with van der Waals surface area (Å²) in [5, 5.41) is 12.7. The molecule has 2 heteroatoms. The van der Waals surface area contributed by atoms with Gasteiger partial charge in [0.15, 0.2) is 0 Å². The Morgan fingerprint density at radius 2 is 0.977 bits per heavy atom. The van der Waals surface area contributed by atoms with Crippen molar-refractivity contribution in [2.45, 2.75) is 0 Å². The lowest BCUT2D eigenvalue weighted by molar-refractivity contribution is 1.20. The molecule has 0 saturated heterocycles. The van der Waals surface area contributed by atoms with E-state index < -0.39 is 0 Å². The third kappa shape index (κ3) is 3.25. The maximum atomic E-state index is 3.65. The average Bonchev–Trinajstić information content (AvgIpc) is 3.63. The van der Waals surface area contributed by atoms with E-state index in [1.54, 1.807) is 0 Å². The number of nitrogens with zero attached hydrogens (tertiary/aromatic N) is 1. The third-order valence-corrected chi connectivity index (χ3v) is 9.48. The Morgan fingerprint density at radius 3 is 1.84 bits per heavy atom. The molecule has 0 aliphatic rings. The largest absolute Gasteiger partial charge is 0.354 e. The van der Waals surface area contributed by atoms with Crippen LogP contribution in [0.15, 0.2) is 152 Å². The highest BCUT2D eigenvalue weighted by Gasteiger charge is 2.17. The fourth-order valence-electron chi connectivity index (χ4n) is 7.48. The van der Waals surface area contributed by atoms with Crippen molar-refractivity contribution < 1.29 is 0 Å². The smallest absolute Gasteiger partial charge is 0.0546 e. The van der Waals surface area contributed by atoms with Gasteiger partial charge in [0.2, 0.25) is 0 Å². The molecule has 0 unspecified atom stereocenters. The van der Waals surface area contributed by atoms with Gasteiger partial charge in [0.05, 0.1) is 16.7 Å². The number of fused-ring (bicyclic) bond motifs is 11. The number of para-hydroxylation sites is 1. The van der Waals surface area contributed by atoms with Gasteiger partial charge in [-0.3, -0.25) is 0 Å². The minimum atomic E-state index is 1.17. The highest BCUT2D eigenvalue weighted by molar-refractivity contribution is 6.21. The van der Waals surface area contributed by atoms with Crippen molar-refractivity contribution in [1.82, 2.24) is 9.55 Å². The first kappa shape index (κ1) is 23.7. The minimum Gasteiger partial charge on any atom is -0.354 e. The first-order valence-corrected chi connectivity index (χ1v) is 15.2. The van der Waals surface area contributed by atoms with Crippen LogP contribution in [0.4, 0.5) is 0 Å². The molecule has 0 bridgehead atoms. The first-order valence-electron chi connectivity index (χ1n) is 15.2. The Morgan fingerprint density at radius 1 is 0.364 bits per heavy atom. The minimum absolute atomic E-state index is 1.17. The monoisotopic (exact) mass is 558 g/mol. The summed E-state index contributed by atoms with van der Waals surface area (Å²) in [6.45, 7) is 0. The first-order chi connectivity index (χ1) is 21.8. The molecule has 2 nitrogen and oxygen atoms in total. The van der Waals surface area contributed by atoms with Crippen molar-refractivity contribution in [3.05, 3.63) is 152 Å². The average molecular weight is 559 g/mol. The van der Waals surface area contributed by atoms with Gasteiger partial charge >= 0.3 is 0 Å². The van der Waals surface area contributed by atoms with Gasteiger partial charge in [0, 0.05) is 38.0 Å². The van der Waals surface area contributed by atoms with Crippen LogP contribution >= 0.6 is 0 Å². The second kappa shape index (κ2) is 8.82. The van der Waals surface area contributed by atoms with Crippen LogP contribution < -0.4 is 0 Å². The molecule has 0 aliphatic heterocycles. The van der Waals surface area contributed by atoms with Crippen molar-refractivity contribution in [2.75, 3.05) is 0 Å². The van der Waals surface area contributed by atoms with E-state index in [0.717, 1.165) is 0 Å². The molecule has 44 heavy (non-hydrogen) atoms. The van der Waals surface area contributed by atoms with Gasteiger partial charge < -0.3 is 9.55 Å². The molecule has 2 aromatic heterocycles. The molecule has 1 N–H and O–H groups in total. The number of H-pyrrole nitrogens is 1. The van der Waals surface area contributed by atoms with Crippen LogP contribution in [-0.4, -0.2) is 9.55 Å². The predicted octanol–water partition coefficient (Wildman–Crippen LogP) is 11.5. The van der Waals surface area contributed by atoms with Crippen LogP contribution in [0.25, 0.3) is 92.7 Å². The summed E-state index contributed by atoms with van der Waals surface area (Å²) >= 11 is 0. The molecule has 0 atom stereocenters. The molecule has 8 aromatic carbocycles. The van der Waals surface area contributed by atoms with Gasteiger partial charge in [-0.25, -0.2) is 0 Å². The van der Waals surface area contributed by atoms with Gasteiger partial charge in [-0.2, -0.15) is 0 Å². The van der Waals surface area contributed by atoms with E-state index >= 15 is 0 Å². The van der Waals surface area contributed by atoms with E-state index in [9.17, 15) is 0 Å². The molecule has 10 rings (SSSR count). The summed E-state index contributed by atoms with van der Waals surface area (Å²) in [5.74, 6) is 0. The molecule has 0 aliphatic carbocycles. The Labute approximate surface area is 253 Å². The molecule has 0 saturated carbocycles. The lowest BCUT2D eigenvalue weighted by Crippen LogP contribution is -1.96. The molecule has 0 amide bonds. The zero-order valence-corrected chi connectivity index (χ0v) is 23.9. The number of aromatic amines is 1. The third-order valence-electron chi connectivity index (χ3n) is 9.48. The summed E-state index contributed by atoms with van der Waals surface area (Å²) in [6, 6.07) is 55.6. The van der Waals surface area contributed by atoms with Gasteiger partial charge in [0.1, 0.15) is 0 Å². The van der Waals surface area contributed by atoms with Gasteiger partial charge in [-0.1, -0.05) is 109 Å². The topological polar surface area (TPSA) is 20.7 Å². The second-order valence-electron chi connectivity index (χ2n) is 11.8. The lowest BCUT2D eigenvalue weighted by Gasteiger charge is -2.14. The van der Waals surface area contributed by atoms with E-state index in [1.807, 2.05) is 0 Å². The van der Waals surface area contributed by atoms with Crippen LogP contribution in [0.5, 0.6) is 0 Å². The van der Waals surface area contributed by atoms with Gasteiger partial charge in [-0.05, 0) is 80.5 Å². The molecule has 0 spiro atoms. The molecular weight excluding hydrogens is 532 g/mol. The summed E-state index contributed by atoms with van der Waals surface area (Å²) in [7, 11) is 0. The summed E-state index contributed by atoms with van der Waals surface area (Å²) in [6.07, 6.45) is 0. The zero-order chi connectivity index (χ0) is 28.8. The standard InChI is InChI=1S/C42H26N2/c1-4-12-31-26(9-1)17-21-38-42(31)36-24-27(18-20-37(36)43-38)28-19-22-40-35(23-28)34-15-7-8-16-39(34)44(40)41-25-29-10-2-3-11-30(29)32-13-5-6-14-33(32)41/h1-25,43H. The second-order valence-corrected chi connectivity index (χ2v) is 11.8. The lowest BCUT2D eigenvalue weighted by atomic mass is 9.99. The maximum Gasteiger partial charge on any atom is 0.0546 e. The summed E-state index contributed by atoms with van der Waals surface area (Å²) in [5.41, 5.74) is 8.44. The highest BCUT2D eigenvalue weighted by Crippen LogP contribution is 2.40. The van der Waals surface area contributed by atoms with Crippen LogP contribution in [0.1, 0.15) is 0 Å². The number of hydrogen-bond acceptors (Lipinski definition) is 0. The Bertz CT molecular complexity index is 2780. The Hall–Kier alpha value is -5.86. The van der Waals surface area contributed by atoms with Gasteiger partial charge in [-0.15, -0.1) is 0 Å². The number of rotatable bonds is 2. The normalized spacial score (nSPS) is 12.1. The van der Waals surface area contributed by atoms with Crippen LogP contribution in [0, 0.1) is 0 Å². The quantitative estimate of drug-likeness (QED) is 0.204. The van der Waals surface area contributed by atoms with Crippen LogP contribution in [0.3, 0.4) is 0 Å². The van der Waals surface area contributed by atoms with Crippen LogP contribution in [0.2, 0.25) is 0 Å². The van der Waals surface area contributed by atoms with Crippen molar-refractivity contribution in [3.63, 3.8) is 0 Å². The van der Waals surface area contributed by atoms with E-state index in [2.05, 4.69) is 161 Å². The van der Waals surface area contributed by atoms with E-state index in [1.165, 1.54) is 92.7 Å². The van der Waals surface area contributed by atoms with E-state index in [0.29, 0.717) is 0 Å². The van der Waals surface area contributed by atoms with Crippen LogP contribution in [-0.2, 0) is 0 Å².